The van der Waals surface area contributed by atoms with Crippen LogP contribution in [0.3, 0.4) is 0 Å². The zero-order valence-corrected chi connectivity index (χ0v) is 7.13. The number of carboxylic acids is 1. The van der Waals surface area contributed by atoms with E-state index in [0.29, 0.717) is 0 Å². The van der Waals surface area contributed by atoms with Gasteiger partial charge in [0.2, 0.25) is 5.78 Å². The number of nitriles is 1. The molecule has 0 saturated heterocycles. The minimum absolute atomic E-state index is 0.0874. The van der Waals surface area contributed by atoms with Crippen LogP contribution in [0.2, 0.25) is 0 Å². The van der Waals surface area contributed by atoms with Gasteiger partial charge in [0.1, 0.15) is 0 Å². The Hall–Kier alpha value is -1.37. The Labute approximate surface area is 70.8 Å². The smallest absolute Gasteiger partial charge is 0.372 e. The molecule has 12 heavy (non-hydrogen) atoms. The van der Waals surface area contributed by atoms with Crippen LogP contribution in [0, 0.1) is 16.7 Å². The van der Waals surface area contributed by atoms with Gasteiger partial charge in [-0.05, 0) is 5.41 Å². The highest BCUT2D eigenvalue weighted by molar-refractivity contribution is 6.32. The van der Waals surface area contributed by atoms with Gasteiger partial charge in [0.05, 0.1) is 6.07 Å². The van der Waals surface area contributed by atoms with Gasteiger partial charge in [0.15, 0.2) is 0 Å². The van der Waals surface area contributed by atoms with Gasteiger partial charge in [-0.3, -0.25) is 4.79 Å². The fourth-order valence-corrected chi connectivity index (χ4v) is 0.787. The molecular weight excluding hydrogens is 158 g/mol. The fraction of sp³-hybridized carbons (Fsp3) is 0.625. The largest absolute Gasteiger partial charge is 0.476 e. The molecule has 0 aliphatic rings. The van der Waals surface area contributed by atoms with Crippen molar-refractivity contribution >= 4 is 11.8 Å². The molecule has 0 spiro atoms. The molecule has 0 rings (SSSR count). The van der Waals surface area contributed by atoms with Crippen molar-refractivity contribution in [2.24, 2.45) is 5.41 Å². The second-order valence-electron chi connectivity index (χ2n) is 3.40. The van der Waals surface area contributed by atoms with Gasteiger partial charge < -0.3 is 5.11 Å². The first-order valence-electron chi connectivity index (χ1n) is 3.52. The molecule has 1 N–H and O–H groups in total. The van der Waals surface area contributed by atoms with E-state index in [9.17, 15) is 9.59 Å². The summed E-state index contributed by atoms with van der Waals surface area (Å²) in [4.78, 5) is 20.9. The molecule has 0 fully saturated rings. The van der Waals surface area contributed by atoms with Crippen molar-refractivity contribution in [2.75, 3.05) is 0 Å². The van der Waals surface area contributed by atoms with E-state index in [0.717, 1.165) is 0 Å². The average Bonchev–Trinajstić information content (AvgIpc) is 1.85. The molecule has 0 heterocycles. The van der Waals surface area contributed by atoms with Crippen LogP contribution in [-0.4, -0.2) is 16.9 Å². The van der Waals surface area contributed by atoms with E-state index >= 15 is 0 Å². The van der Waals surface area contributed by atoms with E-state index in [1.54, 1.807) is 13.8 Å². The zero-order chi connectivity index (χ0) is 9.78. The standard InChI is InChI=1S/C8H11NO3/c1-8(2,3-4-9)5-6(10)7(11)12/h3,5H2,1-2H3,(H,11,12). The van der Waals surface area contributed by atoms with Crippen molar-refractivity contribution in [3.63, 3.8) is 0 Å². The normalized spacial score (nSPS) is 10.4. The van der Waals surface area contributed by atoms with Crippen LogP contribution >= 0.6 is 0 Å². The molecule has 0 aromatic heterocycles. The van der Waals surface area contributed by atoms with Crippen LogP contribution in [0.15, 0.2) is 0 Å². The number of rotatable bonds is 4. The molecule has 4 nitrogen and oxygen atoms in total. The molecule has 0 amide bonds. The van der Waals surface area contributed by atoms with E-state index in [2.05, 4.69) is 0 Å². The lowest BCUT2D eigenvalue weighted by molar-refractivity contribution is -0.150. The molecule has 66 valence electrons. The first-order chi connectivity index (χ1) is 5.39. The quantitative estimate of drug-likeness (QED) is 0.636. The predicted molar refractivity (Wildman–Crippen MR) is 41.3 cm³/mol. The minimum Gasteiger partial charge on any atom is -0.476 e. The van der Waals surface area contributed by atoms with Crippen molar-refractivity contribution in [1.29, 1.82) is 5.26 Å². The summed E-state index contributed by atoms with van der Waals surface area (Å²) in [5.41, 5.74) is -0.537. The van der Waals surface area contributed by atoms with E-state index in [1.165, 1.54) is 0 Å². The highest BCUT2D eigenvalue weighted by Gasteiger charge is 2.25. The topological polar surface area (TPSA) is 78.2 Å². The molecule has 0 aromatic carbocycles. The number of ketones is 1. The Morgan fingerprint density at radius 1 is 1.50 bits per heavy atom. The summed E-state index contributed by atoms with van der Waals surface area (Å²) < 4.78 is 0. The Morgan fingerprint density at radius 3 is 2.33 bits per heavy atom. The summed E-state index contributed by atoms with van der Waals surface area (Å²) in [6.07, 6.45) is 0.0991. The Morgan fingerprint density at radius 2 is 2.00 bits per heavy atom. The molecule has 0 aromatic rings. The van der Waals surface area contributed by atoms with Crippen LogP contribution in [0.4, 0.5) is 0 Å². The van der Waals surface area contributed by atoms with E-state index < -0.39 is 17.2 Å². The van der Waals surface area contributed by atoms with Crippen LogP contribution in [0.5, 0.6) is 0 Å². The summed E-state index contributed by atoms with van der Waals surface area (Å²) in [6, 6.07) is 1.91. The Balaban J connectivity index is 4.17. The van der Waals surface area contributed by atoms with Crippen molar-refractivity contribution in [3.05, 3.63) is 0 Å². The molecule has 0 aliphatic carbocycles. The second kappa shape index (κ2) is 3.86. The van der Waals surface area contributed by atoms with Crippen molar-refractivity contribution in [1.82, 2.24) is 0 Å². The van der Waals surface area contributed by atoms with Gasteiger partial charge in [-0.25, -0.2) is 4.79 Å². The Bertz CT molecular complexity index is 237. The van der Waals surface area contributed by atoms with E-state index in [4.69, 9.17) is 10.4 Å². The third-order valence-corrected chi connectivity index (χ3v) is 1.44. The second-order valence-corrected chi connectivity index (χ2v) is 3.40. The van der Waals surface area contributed by atoms with Gasteiger partial charge in [0, 0.05) is 12.8 Å². The fourth-order valence-electron chi connectivity index (χ4n) is 0.787. The number of aliphatic carboxylic acids is 1. The molecule has 0 saturated carbocycles. The lowest BCUT2D eigenvalue weighted by atomic mass is 9.84. The van der Waals surface area contributed by atoms with Crippen LogP contribution < -0.4 is 0 Å². The molecule has 0 radical (unpaired) electrons. The summed E-state index contributed by atoms with van der Waals surface area (Å²) in [6.45, 7) is 3.38. The zero-order valence-electron chi connectivity index (χ0n) is 7.13. The first-order valence-corrected chi connectivity index (χ1v) is 3.52. The lowest BCUT2D eigenvalue weighted by Gasteiger charge is -2.18. The van der Waals surface area contributed by atoms with E-state index in [-0.39, 0.29) is 12.8 Å². The molecule has 0 unspecified atom stereocenters. The number of carbonyl (C=O) groups excluding carboxylic acids is 1. The summed E-state index contributed by atoms with van der Waals surface area (Å²) in [7, 11) is 0. The third kappa shape index (κ3) is 3.71. The number of carboxylic acid groups (broad SMARTS) is 1. The number of carbonyl (C=O) groups is 2. The van der Waals surface area contributed by atoms with Gasteiger partial charge >= 0.3 is 5.97 Å². The van der Waals surface area contributed by atoms with Crippen LogP contribution in [0.25, 0.3) is 0 Å². The van der Waals surface area contributed by atoms with Crippen molar-refractivity contribution in [2.45, 2.75) is 26.7 Å². The number of Topliss-reactive ketones (excluding diaryl/α,β-unsaturated/α-hetero) is 1. The summed E-state index contributed by atoms with van der Waals surface area (Å²) >= 11 is 0. The van der Waals surface area contributed by atoms with E-state index in [1.807, 2.05) is 6.07 Å². The average molecular weight is 169 g/mol. The molecule has 0 bridgehead atoms. The van der Waals surface area contributed by atoms with Gasteiger partial charge in [-0.1, -0.05) is 13.8 Å². The monoisotopic (exact) mass is 169 g/mol. The van der Waals surface area contributed by atoms with Gasteiger partial charge in [-0.2, -0.15) is 5.26 Å². The maximum Gasteiger partial charge on any atom is 0.372 e. The molecular formula is C8H11NO3. The highest BCUT2D eigenvalue weighted by Crippen LogP contribution is 2.24. The van der Waals surface area contributed by atoms with Crippen molar-refractivity contribution < 1.29 is 14.7 Å². The third-order valence-electron chi connectivity index (χ3n) is 1.44. The molecule has 0 aliphatic heterocycles. The minimum atomic E-state index is -1.43. The Kier molecular flexibility index (Phi) is 3.42. The number of hydrogen-bond acceptors (Lipinski definition) is 3. The highest BCUT2D eigenvalue weighted by atomic mass is 16.4. The van der Waals surface area contributed by atoms with Crippen LogP contribution in [-0.2, 0) is 9.59 Å². The molecule has 4 heteroatoms. The van der Waals surface area contributed by atoms with Gasteiger partial charge in [0.25, 0.3) is 0 Å². The number of hydrogen-bond donors (Lipinski definition) is 1. The maximum atomic E-state index is 10.7. The first kappa shape index (κ1) is 10.6. The summed E-state index contributed by atoms with van der Waals surface area (Å²) in [5, 5.41) is 16.6. The lowest BCUT2D eigenvalue weighted by Crippen LogP contribution is -2.22. The SMILES string of the molecule is CC(C)(CC#N)CC(=O)C(=O)O. The van der Waals surface area contributed by atoms with Gasteiger partial charge in [-0.15, -0.1) is 0 Å². The number of nitrogens with zero attached hydrogens (tertiary/aromatic N) is 1. The predicted octanol–water partition coefficient (Wildman–Crippen LogP) is 0.970. The summed E-state index contributed by atoms with van der Waals surface area (Å²) in [5.74, 6) is -2.27. The van der Waals surface area contributed by atoms with Crippen LogP contribution in [0.1, 0.15) is 26.7 Å². The van der Waals surface area contributed by atoms with Crippen molar-refractivity contribution in [3.8, 4) is 6.07 Å². The molecule has 0 atom stereocenters. The maximum absolute atomic E-state index is 10.7.